The summed E-state index contributed by atoms with van der Waals surface area (Å²) in [5, 5.41) is 6.01. The Balaban J connectivity index is 1.98. The van der Waals surface area contributed by atoms with Crippen LogP contribution >= 0.6 is 22.7 Å². The van der Waals surface area contributed by atoms with Crippen molar-refractivity contribution in [1.29, 1.82) is 0 Å². The molecule has 2 rings (SSSR count). The van der Waals surface area contributed by atoms with E-state index in [0.717, 1.165) is 26.0 Å². The third-order valence-electron chi connectivity index (χ3n) is 2.39. The van der Waals surface area contributed by atoms with Crippen LogP contribution in [0.3, 0.4) is 0 Å². The van der Waals surface area contributed by atoms with Crippen molar-refractivity contribution in [3.8, 4) is 10.6 Å². The van der Waals surface area contributed by atoms with Crippen LogP contribution in [0.2, 0.25) is 0 Å². The fraction of sp³-hybridized carbons (Fsp3) is 0.286. The summed E-state index contributed by atoms with van der Waals surface area (Å²) in [6.45, 7) is 6.39. The maximum atomic E-state index is 11.5. The second-order valence-corrected chi connectivity index (χ2v) is 6.69. The van der Waals surface area contributed by atoms with Crippen LogP contribution in [-0.4, -0.2) is 10.9 Å². The summed E-state index contributed by atoms with van der Waals surface area (Å²) in [5.74, 6) is -0.0422. The third kappa shape index (κ3) is 4.01. The van der Waals surface area contributed by atoms with Gasteiger partial charge in [0.05, 0.1) is 22.1 Å². The van der Waals surface area contributed by atoms with Crippen molar-refractivity contribution >= 4 is 28.6 Å². The molecule has 0 fully saturated rings. The summed E-state index contributed by atoms with van der Waals surface area (Å²) in [6.07, 6.45) is 1.61. The van der Waals surface area contributed by atoms with Gasteiger partial charge in [-0.2, -0.15) is 0 Å². The lowest BCUT2D eigenvalue weighted by Gasteiger charge is -1.99. The lowest BCUT2D eigenvalue weighted by atomic mass is 10.3. The van der Waals surface area contributed by atoms with E-state index < -0.39 is 0 Å². The number of thiophene rings is 1. The SMILES string of the molecule is CC(C)=CC(=O)NCc1ccc(-c2csc(C)n2)s1. The fourth-order valence-corrected chi connectivity index (χ4v) is 3.17. The van der Waals surface area contributed by atoms with Crippen LogP contribution in [0.4, 0.5) is 0 Å². The number of aromatic nitrogens is 1. The largest absolute Gasteiger partial charge is 0.348 e. The van der Waals surface area contributed by atoms with Gasteiger partial charge in [-0.3, -0.25) is 4.79 Å². The quantitative estimate of drug-likeness (QED) is 0.872. The number of allylic oxidation sites excluding steroid dienone is 1. The van der Waals surface area contributed by atoms with Crippen LogP contribution in [0.25, 0.3) is 10.6 Å². The van der Waals surface area contributed by atoms with Crippen molar-refractivity contribution in [2.45, 2.75) is 27.3 Å². The fourth-order valence-electron chi connectivity index (χ4n) is 1.57. The van der Waals surface area contributed by atoms with Gasteiger partial charge in [0.2, 0.25) is 5.91 Å². The number of nitrogens with zero attached hydrogens (tertiary/aromatic N) is 1. The van der Waals surface area contributed by atoms with Gasteiger partial charge >= 0.3 is 0 Å². The van der Waals surface area contributed by atoms with E-state index >= 15 is 0 Å². The zero-order valence-electron chi connectivity index (χ0n) is 11.2. The van der Waals surface area contributed by atoms with E-state index in [1.54, 1.807) is 28.7 Å². The molecule has 0 aromatic carbocycles. The van der Waals surface area contributed by atoms with Gasteiger partial charge in [0.15, 0.2) is 0 Å². The Labute approximate surface area is 121 Å². The molecule has 1 N–H and O–H groups in total. The predicted octanol–water partition coefficient (Wildman–Crippen LogP) is 3.76. The van der Waals surface area contributed by atoms with Crippen LogP contribution in [-0.2, 0) is 11.3 Å². The Hall–Kier alpha value is -1.46. The molecule has 0 bridgehead atoms. The maximum Gasteiger partial charge on any atom is 0.244 e. The molecule has 0 saturated heterocycles. The standard InChI is InChI=1S/C14H16N2OS2/c1-9(2)6-14(17)15-7-11-4-5-13(19-11)12-8-18-10(3)16-12/h4-6,8H,7H2,1-3H3,(H,15,17). The lowest BCUT2D eigenvalue weighted by molar-refractivity contribution is -0.116. The molecular weight excluding hydrogens is 276 g/mol. The van der Waals surface area contributed by atoms with E-state index in [9.17, 15) is 4.79 Å². The molecule has 2 heterocycles. The van der Waals surface area contributed by atoms with Gasteiger partial charge in [0.1, 0.15) is 0 Å². The van der Waals surface area contributed by atoms with Gasteiger partial charge in [-0.1, -0.05) is 5.57 Å². The first-order valence-corrected chi connectivity index (χ1v) is 7.68. The monoisotopic (exact) mass is 292 g/mol. The average Bonchev–Trinajstić information content (AvgIpc) is 2.94. The second-order valence-electron chi connectivity index (χ2n) is 4.46. The first-order chi connectivity index (χ1) is 9.04. The number of amides is 1. The first-order valence-electron chi connectivity index (χ1n) is 5.98. The highest BCUT2D eigenvalue weighted by atomic mass is 32.1. The summed E-state index contributed by atoms with van der Waals surface area (Å²) < 4.78 is 0. The molecule has 0 spiro atoms. The summed E-state index contributed by atoms with van der Waals surface area (Å²) in [4.78, 5) is 18.3. The van der Waals surface area contributed by atoms with Crippen LogP contribution < -0.4 is 5.32 Å². The third-order valence-corrected chi connectivity index (χ3v) is 4.27. The Morgan fingerprint density at radius 3 is 2.84 bits per heavy atom. The second kappa shape index (κ2) is 6.12. The Morgan fingerprint density at radius 1 is 1.42 bits per heavy atom. The summed E-state index contributed by atoms with van der Waals surface area (Å²) in [6, 6.07) is 4.10. The number of aryl methyl sites for hydroxylation is 1. The molecule has 0 aliphatic heterocycles. The minimum absolute atomic E-state index is 0.0422. The highest BCUT2D eigenvalue weighted by Crippen LogP contribution is 2.28. The van der Waals surface area contributed by atoms with E-state index in [4.69, 9.17) is 0 Å². The topological polar surface area (TPSA) is 42.0 Å². The molecule has 1 amide bonds. The first kappa shape index (κ1) is 14.0. The molecule has 0 saturated carbocycles. The van der Waals surface area contributed by atoms with Crippen LogP contribution in [0, 0.1) is 6.92 Å². The van der Waals surface area contributed by atoms with Crippen molar-refractivity contribution in [3.05, 3.63) is 39.0 Å². The van der Waals surface area contributed by atoms with E-state index in [-0.39, 0.29) is 5.91 Å². The van der Waals surface area contributed by atoms with Crippen molar-refractivity contribution in [1.82, 2.24) is 10.3 Å². The van der Waals surface area contributed by atoms with Gasteiger partial charge in [0.25, 0.3) is 0 Å². The van der Waals surface area contributed by atoms with Gasteiger partial charge in [-0.25, -0.2) is 4.98 Å². The highest BCUT2D eigenvalue weighted by molar-refractivity contribution is 7.16. The number of hydrogen-bond donors (Lipinski definition) is 1. The lowest BCUT2D eigenvalue weighted by Crippen LogP contribution is -2.19. The molecule has 2 aromatic heterocycles. The van der Waals surface area contributed by atoms with Gasteiger partial charge in [0, 0.05) is 16.3 Å². The van der Waals surface area contributed by atoms with Crippen LogP contribution in [0.1, 0.15) is 23.7 Å². The smallest absolute Gasteiger partial charge is 0.244 e. The number of nitrogens with one attached hydrogen (secondary N) is 1. The molecule has 0 unspecified atom stereocenters. The van der Waals surface area contributed by atoms with E-state index in [1.807, 2.05) is 26.8 Å². The van der Waals surface area contributed by atoms with E-state index in [0.29, 0.717) is 6.54 Å². The zero-order chi connectivity index (χ0) is 13.8. The van der Waals surface area contributed by atoms with E-state index in [2.05, 4.69) is 21.7 Å². The van der Waals surface area contributed by atoms with Gasteiger partial charge < -0.3 is 5.32 Å². The summed E-state index contributed by atoms with van der Waals surface area (Å²) >= 11 is 3.32. The Morgan fingerprint density at radius 2 is 2.21 bits per heavy atom. The molecule has 0 aliphatic carbocycles. The van der Waals surface area contributed by atoms with Gasteiger partial charge in [-0.15, -0.1) is 22.7 Å². The average molecular weight is 292 g/mol. The Bertz CT molecular complexity index is 606. The Kier molecular flexibility index (Phi) is 4.50. The highest BCUT2D eigenvalue weighted by Gasteiger charge is 2.06. The summed E-state index contributed by atoms with van der Waals surface area (Å²) in [7, 11) is 0. The van der Waals surface area contributed by atoms with E-state index in [1.165, 1.54) is 0 Å². The molecule has 0 atom stereocenters. The van der Waals surface area contributed by atoms with Crippen molar-refractivity contribution < 1.29 is 4.79 Å². The molecule has 2 aromatic rings. The normalized spacial score (nSPS) is 10.3. The number of carbonyl (C=O) groups excluding carboxylic acids is 1. The van der Waals surface area contributed by atoms with Crippen molar-refractivity contribution in [2.75, 3.05) is 0 Å². The van der Waals surface area contributed by atoms with Crippen molar-refractivity contribution in [2.24, 2.45) is 0 Å². The molecule has 100 valence electrons. The molecular formula is C14H16N2OS2. The maximum absolute atomic E-state index is 11.5. The minimum atomic E-state index is -0.0422. The molecule has 3 nitrogen and oxygen atoms in total. The van der Waals surface area contributed by atoms with Crippen LogP contribution in [0.5, 0.6) is 0 Å². The summed E-state index contributed by atoms with van der Waals surface area (Å²) in [5.41, 5.74) is 2.02. The molecule has 0 aliphatic rings. The molecule has 0 radical (unpaired) electrons. The number of carbonyl (C=O) groups is 1. The number of thiazole rings is 1. The predicted molar refractivity (Wildman–Crippen MR) is 81.4 cm³/mol. The molecule has 5 heteroatoms. The van der Waals surface area contributed by atoms with Gasteiger partial charge in [-0.05, 0) is 32.9 Å². The molecule has 19 heavy (non-hydrogen) atoms. The minimum Gasteiger partial charge on any atom is -0.348 e. The number of rotatable bonds is 4. The zero-order valence-corrected chi connectivity index (χ0v) is 12.8. The number of hydrogen-bond acceptors (Lipinski definition) is 4. The van der Waals surface area contributed by atoms with Crippen molar-refractivity contribution in [3.63, 3.8) is 0 Å². The van der Waals surface area contributed by atoms with Crippen LogP contribution in [0.15, 0.2) is 29.2 Å².